The summed E-state index contributed by atoms with van der Waals surface area (Å²) >= 11 is 1.58. The van der Waals surface area contributed by atoms with Crippen LogP contribution in [-0.2, 0) is 23.3 Å². The van der Waals surface area contributed by atoms with Crippen LogP contribution in [0.15, 0.2) is 41.8 Å². The molecule has 1 saturated heterocycles. The van der Waals surface area contributed by atoms with E-state index in [2.05, 4.69) is 0 Å². The molecule has 1 aliphatic rings. The highest BCUT2D eigenvalue weighted by atomic mass is 32.2. The van der Waals surface area contributed by atoms with E-state index in [0.717, 1.165) is 29.7 Å². The maximum atomic E-state index is 13.4. The molecule has 0 radical (unpaired) electrons. The van der Waals surface area contributed by atoms with E-state index in [1.807, 2.05) is 48.7 Å². The second-order valence-electron chi connectivity index (χ2n) is 6.62. The summed E-state index contributed by atoms with van der Waals surface area (Å²) in [5.41, 5.74) is 0.875. The number of thiophene rings is 1. The van der Waals surface area contributed by atoms with Gasteiger partial charge in [-0.3, -0.25) is 0 Å². The number of para-hydroxylation sites is 1. The molecule has 1 fully saturated rings. The Hall–Kier alpha value is -1.41. The molecule has 5 nitrogen and oxygen atoms in total. The molecule has 7 heteroatoms. The van der Waals surface area contributed by atoms with Crippen LogP contribution in [0.2, 0.25) is 0 Å². The van der Waals surface area contributed by atoms with E-state index in [9.17, 15) is 8.42 Å². The lowest BCUT2D eigenvalue weighted by molar-refractivity contribution is 0.240. The van der Waals surface area contributed by atoms with E-state index in [-0.39, 0.29) is 6.04 Å². The highest BCUT2D eigenvalue weighted by molar-refractivity contribution is 7.86. The van der Waals surface area contributed by atoms with Crippen molar-refractivity contribution in [3.05, 3.63) is 52.2 Å². The molecule has 0 amide bonds. The van der Waals surface area contributed by atoms with Gasteiger partial charge in [-0.2, -0.15) is 17.0 Å². The van der Waals surface area contributed by atoms with Crippen molar-refractivity contribution in [1.29, 1.82) is 0 Å². The molecule has 1 aliphatic heterocycles. The third-order valence-electron chi connectivity index (χ3n) is 4.82. The van der Waals surface area contributed by atoms with Gasteiger partial charge in [0.15, 0.2) is 0 Å². The Bertz CT molecular complexity index is 806. The van der Waals surface area contributed by atoms with Gasteiger partial charge in [0.05, 0.1) is 7.11 Å². The molecule has 3 rings (SSSR count). The van der Waals surface area contributed by atoms with Gasteiger partial charge >= 0.3 is 0 Å². The molecule has 1 atom stereocenters. The van der Waals surface area contributed by atoms with Crippen LogP contribution in [0.5, 0.6) is 5.75 Å². The fourth-order valence-corrected chi connectivity index (χ4v) is 6.00. The SMILES string of the molecule is COc1ccccc1CN(Cc1cccs1)S(=O)(=O)N1CCCCC1C. The van der Waals surface area contributed by atoms with E-state index >= 15 is 0 Å². The zero-order valence-electron chi connectivity index (χ0n) is 15.3. The number of piperidine rings is 1. The maximum Gasteiger partial charge on any atom is 0.282 e. The second kappa shape index (κ2) is 8.52. The van der Waals surface area contributed by atoms with Gasteiger partial charge in [-0.05, 0) is 37.3 Å². The second-order valence-corrected chi connectivity index (χ2v) is 9.54. The molecule has 0 bridgehead atoms. The summed E-state index contributed by atoms with van der Waals surface area (Å²) in [6, 6.07) is 11.6. The summed E-state index contributed by atoms with van der Waals surface area (Å²) in [7, 11) is -1.94. The Morgan fingerprint density at radius 3 is 2.69 bits per heavy atom. The van der Waals surface area contributed by atoms with Crippen molar-refractivity contribution >= 4 is 21.5 Å². The van der Waals surface area contributed by atoms with Crippen LogP contribution in [0.3, 0.4) is 0 Å². The van der Waals surface area contributed by atoms with Crippen molar-refractivity contribution in [3.8, 4) is 5.75 Å². The summed E-state index contributed by atoms with van der Waals surface area (Å²) in [6.45, 7) is 3.27. The molecule has 2 aromatic rings. The fourth-order valence-electron chi connectivity index (χ4n) is 3.38. The van der Waals surface area contributed by atoms with Gasteiger partial charge in [0, 0.05) is 36.1 Å². The topological polar surface area (TPSA) is 49.9 Å². The molecule has 2 heterocycles. The molecule has 0 saturated carbocycles. The first kappa shape index (κ1) is 19.4. The van der Waals surface area contributed by atoms with Crippen molar-refractivity contribution in [2.75, 3.05) is 13.7 Å². The molecular formula is C19H26N2O3S2. The van der Waals surface area contributed by atoms with Crippen LogP contribution in [-0.4, -0.2) is 36.7 Å². The van der Waals surface area contributed by atoms with Crippen molar-refractivity contribution in [2.24, 2.45) is 0 Å². The summed E-state index contributed by atoms with van der Waals surface area (Å²) in [6.07, 6.45) is 2.93. The number of methoxy groups -OCH3 is 1. The van der Waals surface area contributed by atoms with Gasteiger partial charge in [-0.25, -0.2) is 0 Å². The minimum Gasteiger partial charge on any atom is -0.496 e. The molecule has 1 unspecified atom stereocenters. The number of hydrogen-bond acceptors (Lipinski definition) is 4. The average Bonchev–Trinajstić information content (AvgIpc) is 3.15. The number of ether oxygens (including phenoxy) is 1. The van der Waals surface area contributed by atoms with Crippen molar-refractivity contribution in [3.63, 3.8) is 0 Å². The van der Waals surface area contributed by atoms with E-state index < -0.39 is 10.2 Å². The lowest BCUT2D eigenvalue weighted by Crippen LogP contribution is -2.49. The van der Waals surface area contributed by atoms with E-state index in [0.29, 0.717) is 25.4 Å². The smallest absolute Gasteiger partial charge is 0.282 e. The molecule has 26 heavy (non-hydrogen) atoms. The zero-order chi connectivity index (χ0) is 18.6. The molecule has 0 N–H and O–H groups in total. The van der Waals surface area contributed by atoms with Gasteiger partial charge in [0.25, 0.3) is 10.2 Å². The summed E-state index contributed by atoms with van der Waals surface area (Å²) < 4.78 is 35.6. The Balaban J connectivity index is 1.92. The quantitative estimate of drug-likeness (QED) is 0.716. The summed E-state index contributed by atoms with van der Waals surface area (Å²) in [5, 5.41) is 1.98. The number of hydrogen-bond donors (Lipinski definition) is 0. The van der Waals surface area contributed by atoms with E-state index in [1.165, 1.54) is 0 Å². The summed E-state index contributed by atoms with van der Waals surface area (Å²) in [5.74, 6) is 0.713. The maximum absolute atomic E-state index is 13.4. The first-order chi connectivity index (χ1) is 12.5. The zero-order valence-corrected chi connectivity index (χ0v) is 16.9. The van der Waals surface area contributed by atoms with Crippen LogP contribution in [0, 0.1) is 0 Å². The van der Waals surface area contributed by atoms with Gasteiger partial charge < -0.3 is 4.74 Å². The lowest BCUT2D eigenvalue weighted by Gasteiger charge is -2.36. The van der Waals surface area contributed by atoms with Gasteiger partial charge in [0.1, 0.15) is 5.75 Å². The monoisotopic (exact) mass is 394 g/mol. The van der Waals surface area contributed by atoms with Crippen LogP contribution >= 0.6 is 11.3 Å². The van der Waals surface area contributed by atoms with Crippen LogP contribution in [0.25, 0.3) is 0 Å². The standard InChI is InChI=1S/C19H26N2O3S2/c1-16-8-5-6-12-21(16)26(22,23)20(15-18-10-7-13-25-18)14-17-9-3-4-11-19(17)24-2/h3-4,7,9-11,13,16H,5-6,8,12,14-15H2,1-2H3. The Morgan fingerprint density at radius 2 is 2.00 bits per heavy atom. The fraction of sp³-hybridized carbons (Fsp3) is 0.474. The molecule has 1 aromatic heterocycles. The molecule has 0 spiro atoms. The third-order valence-corrected chi connectivity index (χ3v) is 7.72. The van der Waals surface area contributed by atoms with Gasteiger partial charge in [0.2, 0.25) is 0 Å². The highest BCUT2D eigenvalue weighted by Gasteiger charge is 2.35. The first-order valence-electron chi connectivity index (χ1n) is 8.93. The van der Waals surface area contributed by atoms with Crippen molar-refractivity contribution < 1.29 is 13.2 Å². The minimum absolute atomic E-state index is 0.0391. The number of benzene rings is 1. The Labute approximate surface area is 160 Å². The van der Waals surface area contributed by atoms with E-state index in [1.54, 1.807) is 27.1 Å². The first-order valence-corrected chi connectivity index (χ1v) is 11.2. The number of rotatable bonds is 7. The van der Waals surface area contributed by atoms with Crippen LogP contribution in [0.1, 0.15) is 36.6 Å². The predicted octanol–water partition coefficient (Wildman–Crippen LogP) is 3.88. The van der Waals surface area contributed by atoms with Crippen LogP contribution < -0.4 is 4.74 Å². The Kier molecular flexibility index (Phi) is 6.34. The highest BCUT2D eigenvalue weighted by Crippen LogP contribution is 2.28. The largest absolute Gasteiger partial charge is 0.496 e. The van der Waals surface area contributed by atoms with Crippen molar-refractivity contribution in [1.82, 2.24) is 8.61 Å². The van der Waals surface area contributed by atoms with Gasteiger partial charge in [-0.15, -0.1) is 11.3 Å². The molecule has 0 aliphatic carbocycles. The van der Waals surface area contributed by atoms with E-state index in [4.69, 9.17) is 4.74 Å². The molecular weight excluding hydrogens is 368 g/mol. The van der Waals surface area contributed by atoms with Crippen molar-refractivity contribution in [2.45, 2.75) is 45.3 Å². The minimum atomic E-state index is -3.55. The normalized spacial score (nSPS) is 19.0. The average molecular weight is 395 g/mol. The van der Waals surface area contributed by atoms with Gasteiger partial charge in [-0.1, -0.05) is 30.7 Å². The van der Waals surface area contributed by atoms with Crippen LogP contribution in [0.4, 0.5) is 0 Å². The summed E-state index contributed by atoms with van der Waals surface area (Å²) in [4.78, 5) is 1.04. The predicted molar refractivity (Wildman–Crippen MR) is 105 cm³/mol. The number of nitrogens with zero attached hydrogens (tertiary/aromatic N) is 2. The lowest BCUT2D eigenvalue weighted by atomic mass is 10.1. The molecule has 142 valence electrons. The Morgan fingerprint density at radius 1 is 1.19 bits per heavy atom. The third kappa shape index (κ3) is 4.28. The molecule has 1 aromatic carbocycles.